The molecule has 2 N–H and O–H groups in total. The van der Waals surface area contributed by atoms with Crippen molar-refractivity contribution in [3.63, 3.8) is 0 Å². The molecule has 1 unspecified atom stereocenters. The van der Waals surface area contributed by atoms with Crippen LogP contribution in [0.1, 0.15) is 20.8 Å². The Balaban J connectivity index is 2.56. The first kappa shape index (κ1) is 9.32. The second-order valence-corrected chi connectivity index (χ2v) is 3.66. The third-order valence-corrected chi connectivity index (χ3v) is 1.66. The van der Waals surface area contributed by atoms with Crippen molar-refractivity contribution in [3.05, 3.63) is 0 Å². The predicted octanol–water partition coefficient (Wildman–Crippen LogP) is 0.122. The Bertz CT molecular complexity index is 191. The average molecular weight is 172 g/mol. The molecule has 0 aromatic heterocycles. The number of aliphatic imine (C=N–C) groups is 1. The summed E-state index contributed by atoms with van der Waals surface area (Å²) in [7, 11) is 0. The van der Waals surface area contributed by atoms with E-state index in [-0.39, 0.29) is 18.2 Å². The van der Waals surface area contributed by atoms with Gasteiger partial charge in [-0.05, 0) is 20.8 Å². The van der Waals surface area contributed by atoms with Crippen LogP contribution in [0.5, 0.6) is 0 Å². The van der Waals surface area contributed by atoms with E-state index in [0.29, 0.717) is 12.6 Å². The lowest BCUT2D eigenvalue weighted by molar-refractivity contribution is 0.169. The van der Waals surface area contributed by atoms with Gasteiger partial charge in [0.15, 0.2) is 0 Å². The van der Waals surface area contributed by atoms with Crippen LogP contribution < -0.4 is 5.32 Å². The molecule has 1 saturated heterocycles. The molecular formula is C8H16N2O2. The molecule has 0 aromatic carbocycles. The summed E-state index contributed by atoms with van der Waals surface area (Å²) < 4.78 is 5.25. The molecule has 12 heavy (non-hydrogen) atoms. The summed E-state index contributed by atoms with van der Waals surface area (Å²) in [4.78, 5) is 4.19. The van der Waals surface area contributed by atoms with Crippen molar-refractivity contribution >= 4 is 6.02 Å². The van der Waals surface area contributed by atoms with Gasteiger partial charge in [-0.3, -0.25) is 0 Å². The Morgan fingerprint density at radius 2 is 2.42 bits per heavy atom. The summed E-state index contributed by atoms with van der Waals surface area (Å²) in [6, 6.07) is 0.759. The van der Waals surface area contributed by atoms with Gasteiger partial charge in [0, 0.05) is 6.04 Å². The van der Waals surface area contributed by atoms with Crippen LogP contribution >= 0.6 is 0 Å². The van der Waals surface area contributed by atoms with Crippen molar-refractivity contribution in [1.82, 2.24) is 5.32 Å². The Morgan fingerprint density at radius 1 is 1.75 bits per heavy atom. The number of ether oxygens (including phenoxy) is 1. The molecule has 0 spiro atoms. The van der Waals surface area contributed by atoms with Crippen LogP contribution in [-0.2, 0) is 4.74 Å². The molecule has 4 heteroatoms. The van der Waals surface area contributed by atoms with Gasteiger partial charge in [-0.25, -0.2) is 4.99 Å². The number of nitrogens with zero attached hydrogens (tertiary/aromatic N) is 1. The molecular weight excluding hydrogens is 156 g/mol. The van der Waals surface area contributed by atoms with Crippen LogP contribution in [0.15, 0.2) is 4.99 Å². The number of hydrogen-bond acceptors (Lipinski definition) is 3. The van der Waals surface area contributed by atoms with Crippen molar-refractivity contribution in [1.29, 1.82) is 0 Å². The highest BCUT2D eigenvalue weighted by Gasteiger charge is 2.32. The van der Waals surface area contributed by atoms with E-state index in [0.717, 1.165) is 0 Å². The summed E-state index contributed by atoms with van der Waals surface area (Å²) in [6.07, 6.45) is 0. The number of rotatable bonds is 2. The van der Waals surface area contributed by atoms with Crippen molar-refractivity contribution in [2.75, 3.05) is 13.2 Å². The summed E-state index contributed by atoms with van der Waals surface area (Å²) in [5, 5.41) is 12.0. The highest BCUT2D eigenvalue weighted by Crippen LogP contribution is 2.11. The first-order valence-corrected chi connectivity index (χ1v) is 4.15. The maximum Gasteiger partial charge on any atom is 0.285 e. The second-order valence-electron chi connectivity index (χ2n) is 3.66. The molecule has 1 aliphatic rings. The lowest BCUT2D eigenvalue weighted by Gasteiger charge is -2.16. The lowest BCUT2D eigenvalue weighted by atomic mass is 10.1. The lowest BCUT2D eigenvalue weighted by Crippen LogP contribution is -2.44. The molecule has 0 amide bonds. The van der Waals surface area contributed by atoms with Gasteiger partial charge < -0.3 is 15.2 Å². The van der Waals surface area contributed by atoms with Gasteiger partial charge in [0.25, 0.3) is 6.02 Å². The van der Waals surface area contributed by atoms with Crippen molar-refractivity contribution < 1.29 is 9.84 Å². The molecule has 0 aromatic rings. The van der Waals surface area contributed by atoms with Crippen molar-refractivity contribution in [2.24, 2.45) is 4.99 Å². The van der Waals surface area contributed by atoms with Gasteiger partial charge in [-0.2, -0.15) is 0 Å². The Morgan fingerprint density at radius 3 is 2.83 bits per heavy atom. The molecule has 1 aliphatic heterocycles. The van der Waals surface area contributed by atoms with Crippen LogP contribution in [0.3, 0.4) is 0 Å². The van der Waals surface area contributed by atoms with Crippen LogP contribution in [0.25, 0.3) is 0 Å². The van der Waals surface area contributed by atoms with Crippen molar-refractivity contribution in [3.8, 4) is 0 Å². The van der Waals surface area contributed by atoms with E-state index in [1.54, 1.807) is 0 Å². The topological polar surface area (TPSA) is 53.9 Å². The molecule has 0 radical (unpaired) electrons. The maximum atomic E-state index is 8.98. The average Bonchev–Trinajstić information content (AvgIpc) is 2.32. The molecule has 0 saturated carbocycles. The molecule has 1 atom stereocenters. The predicted molar refractivity (Wildman–Crippen MR) is 47.1 cm³/mol. The minimum absolute atomic E-state index is 0.0596. The molecule has 1 fully saturated rings. The van der Waals surface area contributed by atoms with E-state index in [4.69, 9.17) is 9.84 Å². The zero-order chi connectivity index (χ0) is 9.19. The van der Waals surface area contributed by atoms with E-state index in [9.17, 15) is 0 Å². The van der Waals surface area contributed by atoms with Gasteiger partial charge in [-0.1, -0.05) is 0 Å². The molecule has 1 rings (SSSR count). The van der Waals surface area contributed by atoms with Gasteiger partial charge in [-0.15, -0.1) is 0 Å². The molecule has 0 bridgehead atoms. The number of nitrogens with one attached hydrogen (secondary N) is 1. The van der Waals surface area contributed by atoms with Crippen molar-refractivity contribution in [2.45, 2.75) is 32.4 Å². The van der Waals surface area contributed by atoms with Gasteiger partial charge in [0.2, 0.25) is 0 Å². The number of amidine groups is 1. The summed E-state index contributed by atoms with van der Waals surface area (Å²) >= 11 is 0. The Labute approximate surface area is 72.6 Å². The van der Waals surface area contributed by atoms with Crippen LogP contribution in [0, 0.1) is 0 Å². The minimum atomic E-state index is -0.353. The smallest absolute Gasteiger partial charge is 0.285 e. The minimum Gasteiger partial charge on any atom is -0.463 e. The number of aliphatic hydroxyl groups is 1. The second kappa shape index (κ2) is 3.31. The summed E-state index contributed by atoms with van der Waals surface area (Å²) in [5.74, 6) is 0. The normalized spacial score (nSPS) is 32.2. The quantitative estimate of drug-likeness (QED) is 0.622. The van der Waals surface area contributed by atoms with E-state index in [1.807, 2.05) is 20.8 Å². The van der Waals surface area contributed by atoms with E-state index < -0.39 is 0 Å². The molecule has 70 valence electrons. The Hall–Kier alpha value is -0.770. The van der Waals surface area contributed by atoms with E-state index >= 15 is 0 Å². The largest absolute Gasteiger partial charge is 0.463 e. The van der Waals surface area contributed by atoms with Crippen LogP contribution in [0.4, 0.5) is 0 Å². The summed E-state index contributed by atoms with van der Waals surface area (Å²) in [5.41, 5.74) is -0.353. The van der Waals surface area contributed by atoms with Crippen LogP contribution in [-0.4, -0.2) is 35.9 Å². The fraction of sp³-hybridized carbons (Fsp3) is 0.875. The monoisotopic (exact) mass is 172 g/mol. The van der Waals surface area contributed by atoms with Crippen LogP contribution in [0.2, 0.25) is 0 Å². The Kier molecular flexibility index (Phi) is 2.57. The molecule has 0 aliphatic carbocycles. The third kappa shape index (κ3) is 2.11. The number of hydrogen-bond donors (Lipinski definition) is 2. The first-order chi connectivity index (χ1) is 5.56. The van der Waals surface area contributed by atoms with Gasteiger partial charge in [0.1, 0.15) is 6.61 Å². The maximum absolute atomic E-state index is 8.98. The fourth-order valence-corrected chi connectivity index (χ4v) is 0.947. The molecule has 4 nitrogen and oxygen atoms in total. The van der Waals surface area contributed by atoms with Gasteiger partial charge in [0.05, 0.1) is 12.1 Å². The number of aliphatic hydroxyl groups excluding tert-OH is 1. The molecule has 1 heterocycles. The zero-order valence-electron chi connectivity index (χ0n) is 7.79. The summed E-state index contributed by atoms with van der Waals surface area (Å²) in [6.45, 7) is 6.40. The SMILES string of the molecule is CC(C)N=C1NC(C)(CO)CO1. The van der Waals surface area contributed by atoms with E-state index in [1.165, 1.54) is 0 Å². The zero-order valence-corrected chi connectivity index (χ0v) is 7.79. The highest BCUT2D eigenvalue weighted by atomic mass is 16.5. The van der Waals surface area contributed by atoms with E-state index in [2.05, 4.69) is 10.3 Å². The fourth-order valence-electron chi connectivity index (χ4n) is 0.947. The standard InChI is InChI=1S/C8H16N2O2/c1-6(2)9-7-10-8(3,4-11)5-12-7/h6,11H,4-5H2,1-3H3,(H,9,10). The van der Waals surface area contributed by atoms with Gasteiger partial charge >= 0.3 is 0 Å². The third-order valence-electron chi connectivity index (χ3n) is 1.66. The highest BCUT2D eigenvalue weighted by molar-refractivity contribution is 5.76. The first-order valence-electron chi connectivity index (χ1n) is 4.15.